The van der Waals surface area contributed by atoms with Gasteiger partial charge in [-0.25, -0.2) is 0 Å². The third kappa shape index (κ3) is 1.35. The number of hydrogen-bond acceptors (Lipinski definition) is 2. The van der Waals surface area contributed by atoms with Crippen LogP contribution in [-0.2, 0) is 13.0 Å². The molecule has 0 unspecified atom stereocenters. The molecule has 0 spiro atoms. The number of nitrogens with one attached hydrogen (secondary N) is 1. The first-order valence-electron chi connectivity index (χ1n) is 5.45. The summed E-state index contributed by atoms with van der Waals surface area (Å²) in [5, 5.41) is 3.34. The fraction of sp³-hybridized carbons (Fsp3) is 0.500. The van der Waals surface area contributed by atoms with Crippen LogP contribution in [-0.4, -0.2) is 30.6 Å². The van der Waals surface area contributed by atoms with E-state index in [4.69, 9.17) is 0 Å². The lowest BCUT2D eigenvalue weighted by molar-refractivity contribution is 0.131. The van der Waals surface area contributed by atoms with Crippen LogP contribution in [0.5, 0.6) is 0 Å². The summed E-state index contributed by atoms with van der Waals surface area (Å²) in [6.07, 6.45) is 1.23. The Kier molecular flexibility index (Phi) is 2.03. The van der Waals surface area contributed by atoms with Crippen LogP contribution in [0.1, 0.15) is 11.1 Å². The van der Waals surface area contributed by atoms with Crippen molar-refractivity contribution in [1.29, 1.82) is 0 Å². The van der Waals surface area contributed by atoms with Gasteiger partial charge in [-0.05, 0) is 17.5 Å². The van der Waals surface area contributed by atoms with Gasteiger partial charge in [-0.3, -0.25) is 4.90 Å². The molecule has 1 N–H and O–H groups in total. The molecule has 1 saturated heterocycles. The Labute approximate surface area is 84.9 Å². The van der Waals surface area contributed by atoms with E-state index >= 15 is 0 Å². The summed E-state index contributed by atoms with van der Waals surface area (Å²) in [6, 6.07) is 9.64. The number of rotatable bonds is 1. The van der Waals surface area contributed by atoms with E-state index in [9.17, 15) is 0 Å². The number of benzene rings is 1. The third-order valence-electron chi connectivity index (χ3n) is 3.44. The quantitative estimate of drug-likeness (QED) is 0.708. The molecule has 1 aromatic rings. The Morgan fingerprint density at radius 2 is 1.93 bits per heavy atom. The smallest absolute Gasteiger partial charge is 0.0349 e. The molecule has 14 heavy (non-hydrogen) atoms. The summed E-state index contributed by atoms with van der Waals surface area (Å²) < 4.78 is 0. The van der Waals surface area contributed by atoms with Crippen LogP contribution in [0.15, 0.2) is 24.3 Å². The van der Waals surface area contributed by atoms with Crippen LogP contribution in [0.25, 0.3) is 0 Å². The summed E-state index contributed by atoms with van der Waals surface area (Å²) in [5.41, 5.74) is 3.08. The molecule has 0 amide bonds. The lowest BCUT2D eigenvalue weighted by atomic mass is 9.97. The fourth-order valence-electron chi connectivity index (χ4n) is 2.36. The van der Waals surface area contributed by atoms with Gasteiger partial charge in [0.1, 0.15) is 0 Å². The molecule has 0 aromatic heterocycles. The van der Waals surface area contributed by atoms with Crippen molar-refractivity contribution < 1.29 is 0 Å². The molecule has 0 radical (unpaired) electrons. The number of fused-ring (bicyclic) bond motifs is 1. The highest BCUT2D eigenvalue weighted by Gasteiger charge is 2.26. The van der Waals surface area contributed by atoms with Crippen LogP contribution in [0, 0.1) is 0 Å². The van der Waals surface area contributed by atoms with Crippen molar-refractivity contribution in [3.05, 3.63) is 35.4 Å². The van der Waals surface area contributed by atoms with Gasteiger partial charge in [-0.15, -0.1) is 0 Å². The topological polar surface area (TPSA) is 15.3 Å². The SMILES string of the molecule is c1ccc2c(c1)CCN(C1CNC1)C2. The number of nitrogens with zero attached hydrogens (tertiary/aromatic N) is 1. The lowest BCUT2D eigenvalue weighted by Gasteiger charge is -2.40. The third-order valence-corrected chi connectivity index (χ3v) is 3.44. The van der Waals surface area contributed by atoms with Gasteiger partial charge in [0.25, 0.3) is 0 Å². The molecule has 3 rings (SSSR count). The van der Waals surface area contributed by atoms with Crippen molar-refractivity contribution in [1.82, 2.24) is 10.2 Å². The van der Waals surface area contributed by atoms with Crippen molar-refractivity contribution in [2.24, 2.45) is 0 Å². The standard InChI is InChI=1S/C12H16N2/c1-2-4-11-9-14(12-7-13-8-12)6-5-10(11)3-1/h1-4,12-13H,5-9H2. The van der Waals surface area contributed by atoms with E-state index in [1.807, 2.05) is 0 Å². The maximum atomic E-state index is 3.34. The Morgan fingerprint density at radius 1 is 1.14 bits per heavy atom. The summed E-state index contributed by atoms with van der Waals surface area (Å²) in [5.74, 6) is 0. The second-order valence-corrected chi connectivity index (χ2v) is 4.30. The Morgan fingerprint density at radius 3 is 2.64 bits per heavy atom. The van der Waals surface area contributed by atoms with E-state index in [2.05, 4.69) is 34.5 Å². The average Bonchev–Trinajstić information content (AvgIpc) is 2.15. The molecule has 2 heteroatoms. The first-order chi connectivity index (χ1) is 6.93. The van der Waals surface area contributed by atoms with E-state index in [1.54, 1.807) is 5.56 Å². The van der Waals surface area contributed by atoms with Crippen molar-refractivity contribution in [3.8, 4) is 0 Å². The Bertz CT molecular complexity index is 331. The first kappa shape index (κ1) is 8.45. The zero-order chi connectivity index (χ0) is 9.38. The van der Waals surface area contributed by atoms with Gasteiger partial charge in [-0.2, -0.15) is 0 Å². The van der Waals surface area contributed by atoms with Crippen LogP contribution in [0.3, 0.4) is 0 Å². The zero-order valence-corrected chi connectivity index (χ0v) is 8.37. The molecule has 0 atom stereocenters. The number of hydrogen-bond donors (Lipinski definition) is 1. The molecule has 2 aliphatic heterocycles. The molecular formula is C12H16N2. The van der Waals surface area contributed by atoms with E-state index in [0.717, 1.165) is 12.6 Å². The zero-order valence-electron chi connectivity index (χ0n) is 8.37. The minimum absolute atomic E-state index is 0.795. The van der Waals surface area contributed by atoms with Crippen LogP contribution in [0.4, 0.5) is 0 Å². The van der Waals surface area contributed by atoms with E-state index in [-0.39, 0.29) is 0 Å². The monoisotopic (exact) mass is 188 g/mol. The summed E-state index contributed by atoms with van der Waals surface area (Å²) in [7, 11) is 0. The summed E-state index contributed by atoms with van der Waals surface area (Å²) >= 11 is 0. The van der Waals surface area contributed by atoms with Crippen LogP contribution >= 0.6 is 0 Å². The van der Waals surface area contributed by atoms with Gasteiger partial charge in [0, 0.05) is 32.2 Å². The van der Waals surface area contributed by atoms with E-state index in [1.165, 1.54) is 31.6 Å². The van der Waals surface area contributed by atoms with E-state index < -0.39 is 0 Å². The fourth-order valence-corrected chi connectivity index (χ4v) is 2.36. The van der Waals surface area contributed by atoms with E-state index in [0.29, 0.717) is 0 Å². The van der Waals surface area contributed by atoms with Crippen molar-refractivity contribution in [2.75, 3.05) is 19.6 Å². The average molecular weight is 188 g/mol. The van der Waals surface area contributed by atoms with Gasteiger partial charge in [0.15, 0.2) is 0 Å². The maximum absolute atomic E-state index is 3.34. The Balaban J connectivity index is 1.79. The minimum Gasteiger partial charge on any atom is -0.314 e. The van der Waals surface area contributed by atoms with Gasteiger partial charge >= 0.3 is 0 Å². The molecule has 2 heterocycles. The van der Waals surface area contributed by atoms with Gasteiger partial charge in [-0.1, -0.05) is 24.3 Å². The highest BCUT2D eigenvalue weighted by atomic mass is 15.2. The van der Waals surface area contributed by atoms with Crippen LogP contribution in [0.2, 0.25) is 0 Å². The van der Waals surface area contributed by atoms with Gasteiger partial charge in [0.2, 0.25) is 0 Å². The molecule has 0 aliphatic carbocycles. The summed E-state index contributed by atoms with van der Waals surface area (Å²) in [4.78, 5) is 2.61. The second-order valence-electron chi connectivity index (χ2n) is 4.30. The van der Waals surface area contributed by atoms with Crippen molar-refractivity contribution >= 4 is 0 Å². The molecule has 74 valence electrons. The molecule has 1 fully saturated rings. The highest BCUT2D eigenvalue weighted by molar-refractivity contribution is 5.29. The van der Waals surface area contributed by atoms with Crippen molar-refractivity contribution in [3.63, 3.8) is 0 Å². The first-order valence-corrected chi connectivity index (χ1v) is 5.45. The predicted octanol–water partition coefficient (Wildman–Crippen LogP) is 1.02. The summed E-state index contributed by atoms with van der Waals surface area (Å²) in [6.45, 7) is 4.76. The molecular weight excluding hydrogens is 172 g/mol. The molecule has 2 aliphatic rings. The Hall–Kier alpha value is -0.860. The van der Waals surface area contributed by atoms with Crippen molar-refractivity contribution in [2.45, 2.75) is 19.0 Å². The molecule has 0 saturated carbocycles. The maximum Gasteiger partial charge on any atom is 0.0349 e. The lowest BCUT2D eigenvalue weighted by Crippen LogP contribution is -2.57. The van der Waals surface area contributed by atoms with Crippen LogP contribution < -0.4 is 5.32 Å². The molecule has 0 bridgehead atoms. The second kappa shape index (κ2) is 3.37. The normalized spacial score (nSPS) is 22.9. The molecule has 1 aromatic carbocycles. The highest BCUT2D eigenvalue weighted by Crippen LogP contribution is 2.21. The van der Waals surface area contributed by atoms with Gasteiger partial charge < -0.3 is 5.32 Å². The van der Waals surface area contributed by atoms with Gasteiger partial charge in [0.05, 0.1) is 0 Å². The predicted molar refractivity (Wildman–Crippen MR) is 57.2 cm³/mol. The minimum atomic E-state index is 0.795. The largest absolute Gasteiger partial charge is 0.314 e. The molecule has 2 nitrogen and oxygen atoms in total.